The summed E-state index contributed by atoms with van der Waals surface area (Å²) in [6, 6.07) is 2.69. The number of hydrogen-bond acceptors (Lipinski definition) is 4. The van der Waals surface area contributed by atoms with E-state index < -0.39 is 5.54 Å². The predicted octanol–water partition coefficient (Wildman–Crippen LogP) is 2.88. The van der Waals surface area contributed by atoms with E-state index in [0.29, 0.717) is 12.6 Å². The van der Waals surface area contributed by atoms with Crippen LogP contribution in [0.1, 0.15) is 53.9 Å². The molecule has 0 spiro atoms. The topological polar surface area (TPSA) is 54.3 Å². The highest BCUT2D eigenvalue weighted by Gasteiger charge is 2.23. The maximum atomic E-state index is 9.22. The molecule has 0 saturated heterocycles. The van der Waals surface area contributed by atoms with Gasteiger partial charge in [-0.15, -0.1) is 0 Å². The second-order valence-corrected chi connectivity index (χ2v) is 5.54. The van der Waals surface area contributed by atoms with Crippen LogP contribution in [0.15, 0.2) is 0 Å². The van der Waals surface area contributed by atoms with Crippen molar-refractivity contribution in [1.82, 2.24) is 5.32 Å². The van der Waals surface area contributed by atoms with Crippen molar-refractivity contribution in [2.24, 2.45) is 0 Å². The summed E-state index contributed by atoms with van der Waals surface area (Å²) in [6.07, 6.45) is 2.97. The summed E-state index contributed by atoms with van der Waals surface area (Å²) in [5.74, 6) is 0. The van der Waals surface area contributed by atoms with Crippen LogP contribution in [0.25, 0.3) is 0 Å². The molecule has 0 amide bonds. The van der Waals surface area contributed by atoms with Crippen molar-refractivity contribution in [2.75, 3.05) is 19.8 Å². The van der Waals surface area contributed by atoms with Crippen molar-refractivity contribution >= 4 is 0 Å². The molecule has 0 rings (SSSR count). The van der Waals surface area contributed by atoms with Crippen LogP contribution in [0, 0.1) is 11.3 Å². The summed E-state index contributed by atoms with van der Waals surface area (Å²) in [5, 5.41) is 12.5. The van der Waals surface area contributed by atoms with Gasteiger partial charge in [-0.2, -0.15) is 5.26 Å². The lowest BCUT2D eigenvalue weighted by Crippen LogP contribution is -2.44. The Bertz CT molecular complexity index is 263. The average Bonchev–Trinajstić information content (AvgIpc) is 2.35. The number of unbranched alkanes of at least 4 members (excludes halogenated alkanes) is 1. The molecule has 0 aliphatic heterocycles. The summed E-state index contributed by atoms with van der Waals surface area (Å²) in [6.45, 7) is 12.2. The Balaban J connectivity index is 3.70. The lowest BCUT2D eigenvalue weighted by molar-refractivity contribution is -0.00480. The Morgan fingerprint density at radius 3 is 2.47 bits per heavy atom. The van der Waals surface area contributed by atoms with Crippen LogP contribution in [0.2, 0.25) is 0 Å². The highest BCUT2D eigenvalue weighted by molar-refractivity contribution is 5.04. The minimum atomic E-state index is -0.425. The third-order valence-electron chi connectivity index (χ3n) is 2.88. The van der Waals surface area contributed by atoms with Gasteiger partial charge in [-0.1, -0.05) is 0 Å². The van der Waals surface area contributed by atoms with Crippen molar-refractivity contribution in [2.45, 2.75) is 71.6 Å². The second kappa shape index (κ2) is 10.2. The second-order valence-electron chi connectivity index (χ2n) is 5.54. The van der Waals surface area contributed by atoms with E-state index in [2.05, 4.69) is 25.2 Å². The maximum Gasteiger partial charge on any atom is 0.104 e. The smallest absolute Gasteiger partial charge is 0.104 e. The van der Waals surface area contributed by atoms with Gasteiger partial charge < -0.3 is 9.47 Å². The Morgan fingerprint density at radius 2 is 1.95 bits per heavy atom. The molecule has 0 saturated carbocycles. The van der Waals surface area contributed by atoms with Crippen molar-refractivity contribution in [1.29, 1.82) is 5.26 Å². The number of nitrogens with one attached hydrogen (secondary N) is 1. The van der Waals surface area contributed by atoms with Gasteiger partial charge in [0.15, 0.2) is 0 Å². The molecule has 2 atom stereocenters. The fraction of sp³-hybridized carbons (Fsp3) is 0.933. The molecule has 0 heterocycles. The highest BCUT2D eigenvalue weighted by atomic mass is 16.5. The molecule has 4 nitrogen and oxygen atoms in total. The van der Waals surface area contributed by atoms with Crippen molar-refractivity contribution in [3.05, 3.63) is 0 Å². The highest BCUT2D eigenvalue weighted by Crippen LogP contribution is 2.14. The van der Waals surface area contributed by atoms with E-state index in [0.717, 1.165) is 32.5 Å². The fourth-order valence-electron chi connectivity index (χ4n) is 1.99. The molecule has 0 aliphatic rings. The molecule has 19 heavy (non-hydrogen) atoms. The first-order chi connectivity index (χ1) is 8.93. The standard InChI is InChI=1S/C15H30N2O2/c1-6-18-11-14(4)19-10-8-7-9-15(5,12-16)17-13(2)3/h13-14,17H,6-11H2,1-5H3. The molecule has 0 radical (unpaired) electrons. The fourth-order valence-corrected chi connectivity index (χ4v) is 1.99. The minimum absolute atomic E-state index is 0.149. The van der Waals surface area contributed by atoms with Gasteiger partial charge >= 0.3 is 0 Å². The van der Waals surface area contributed by atoms with Crippen LogP contribution < -0.4 is 5.32 Å². The maximum absolute atomic E-state index is 9.22. The lowest BCUT2D eigenvalue weighted by Gasteiger charge is -2.25. The van der Waals surface area contributed by atoms with Crippen LogP contribution >= 0.6 is 0 Å². The predicted molar refractivity (Wildman–Crippen MR) is 78.0 cm³/mol. The average molecular weight is 270 g/mol. The van der Waals surface area contributed by atoms with Crippen molar-refractivity contribution in [3.8, 4) is 6.07 Å². The summed E-state index contributed by atoms with van der Waals surface area (Å²) < 4.78 is 10.9. The number of rotatable bonds is 11. The number of hydrogen-bond donors (Lipinski definition) is 1. The molecule has 2 unspecified atom stereocenters. The number of nitrogens with zero attached hydrogens (tertiary/aromatic N) is 1. The van der Waals surface area contributed by atoms with E-state index in [1.165, 1.54) is 0 Å². The molecule has 0 aromatic rings. The van der Waals surface area contributed by atoms with E-state index >= 15 is 0 Å². The SMILES string of the molecule is CCOCC(C)OCCCCC(C)(C#N)NC(C)C. The first-order valence-corrected chi connectivity index (χ1v) is 7.31. The largest absolute Gasteiger partial charge is 0.379 e. The Morgan fingerprint density at radius 1 is 1.26 bits per heavy atom. The molecule has 0 aromatic heterocycles. The van der Waals surface area contributed by atoms with E-state index in [1.54, 1.807) is 0 Å². The molecule has 1 N–H and O–H groups in total. The van der Waals surface area contributed by atoms with Gasteiger partial charge in [0.25, 0.3) is 0 Å². The zero-order chi connectivity index (χ0) is 14.7. The lowest BCUT2D eigenvalue weighted by atomic mass is 9.96. The third kappa shape index (κ3) is 9.89. The van der Waals surface area contributed by atoms with Crippen molar-refractivity contribution in [3.63, 3.8) is 0 Å². The van der Waals surface area contributed by atoms with E-state index in [9.17, 15) is 5.26 Å². The molecule has 0 aliphatic carbocycles. The molecular formula is C15H30N2O2. The van der Waals surface area contributed by atoms with Crippen LogP contribution in [-0.4, -0.2) is 37.5 Å². The number of ether oxygens (including phenoxy) is 2. The Labute approximate surface area is 118 Å². The van der Waals surface area contributed by atoms with E-state index in [4.69, 9.17) is 9.47 Å². The van der Waals surface area contributed by atoms with Gasteiger partial charge in [-0.25, -0.2) is 0 Å². The van der Waals surface area contributed by atoms with Crippen LogP contribution in [0.3, 0.4) is 0 Å². The van der Waals surface area contributed by atoms with Crippen LogP contribution in [0.5, 0.6) is 0 Å². The third-order valence-corrected chi connectivity index (χ3v) is 2.88. The van der Waals surface area contributed by atoms with Gasteiger partial charge in [-0.05, 0) is 53.9 Å². The zero-order valence-electron chi connectivity index (χ0n) is 13.2. The van der Waals surface area contributed by atoms with Gasteiger partial charge in [0.05, 0.1) is 18.8 Å². The van der Waals surface area contributed by atoms with E-state index in [1.807, 2.05) is 20.8 Å². The molecular weight excluding hydrogens is 240 g/mol. The summed E-state index contributed by atoms with van der Waals surface area (Å²) in [5.41, 5.74) is -0.425. The first kappa shape index (κ1) is 18.4. The van der Waals surface area contributed by atoms with Crippen LogP contribution in [0.4, 0.5) is 0 Å². The summed E-state index contributed by atoms with van der Waals surface area (Å²) in [7, 11) is 0. The quantitative estimate of drug-likeness (QED) is 0.587. The summed E-state index contributed by atoms with van der Waals surface area (Å²) in [4.78, 5) is 0. The van der Waals surface area contributed by atoms with E-state index in [-0.39, 0.29) is 6.10 Å². The Kier molecular flexibility index (Phi) is 9.85. The van der Waals surface area contributed by atoms with Gasteiger partial charge in [0.1, 0.15) is 5.54 Å². The zero-order valence-corrected chi connectivity index (χ0v) is 13.2. The molecule has 0 bridgehead atoms. The minimum Gasteiger partial charge on any atom is -0.379 e. The summed E-state index contributed by atoms with van der Waals surface area (Å²) >= 11 is 0. The molecule has 112 valence electrons. The molecule has 0 fully saturated rings. The molecule has 4 heteroatoms. The van der Waals surface area contributed by atoms with Gasteiger partial charge in [0, 0.05) is 19.3 Å². The Hall–Kier alpha value is -0.630. The van der Waals surface area contributed by atoms with Gasteiger partial charge in [0.2, 0.25) is 0 Å². The molecule has 0 aromatic carbocycles. The normalized spacial score (nSPS) is 16.1. The number of nitriles is 1. The first-order valence-electron chi connectivity index (χ1n) is 7.31. The van der Waals surface area contributed by atoms with Gasteiger partial charge in [-0.3, -0.25) is 5.32 Å². The van der Waals surface area contributed by atoms with Crippen LogP contribution in [-0.2, 0) is 9.47 Å². The monoisotopic (exact) mass is 270 g/mol. The van der Waals surface area contributed by atoms with Crippen molar-refractivity contribution < 1.29 is 9.47 Å².